The first-order chi connectivity index (χ1) is 9.08. The largest absolute Gasteiger partial charge is 0.478 e. The van der Waals surface area contributed by atoms with Crippen molar-refractivity contribution in [2.24, 2.45) is 11.8 Å². The second kappa shape index (κ2) is 4.78. The van der Waals surface area contributed by atoms with E-state index in [1.165, 1.54) is 37.8 Å². The maximum absolute atomic E-state index is 14.2. The van der Waals surface area contributed by atoms with Crippen molar-refractivity contribution < 1.29 is 14.3 Å². The molecule has 0 saturated heterocycles. The van der Waals surface area contributed by atoms with Crippen LogP contribution in [0.25, 0.3) is 0 Å². The maximum Gasteiger partial charge on any atom is 0.336 e. The Hall–Kier alpha value is -1.10. The minimum atomic E-state index is -1.13. The Labute approximate surface area is 119 Å². The number of benzene rings is 1. The van der Waals surface area contributed by atoms with E-state index in [0.29, 0.717) is 23.6 Å². The van der Waals surface area contributed by atoms with E-state index in [1.54, 1.807) is 0 Å². The van der Waals surface area contributed by atoms with E-state index in [9.17, 15) is 9.18 Å². The van der Waals surface area contributed by atoms with Crippen LogP contribution in [0.5, 0.6) is 0 Å². The van der Waals surface area contributed by atoms with E-state index >= 15 is 0 Å². The van der Waals surface area contributed by atoms with E-state index in [0.717, 1.165) is 0 Å². The van der Waals surface area contributed by atoms with Gasteiger partial charge in [0.1, 0.15) is 0 Å². The average Bonchev–Trinajstić information content (AvgIpc) is 3.24. The summed E-state index contributed by atoms with van der Waals surface area (Å²) in [5, 5.41) is 12.2. The first-order valence-corrected chi connectivity index (χ1v) is 7.35. The van der Waals surface area contributed by atoms with Crippen LogP contribution >= 0.6 is 15.9 Å². The lowest BCUT2D eigenvalue weighted by Crippen LogP contribution is -2.25. The Kier molecular flexibility index (Phi) is 3.25. The molecular formula is C14H15BrFNO2. The Morgan fingerprint density at radius 2 is 1.89 bits per heavy atom. The Bertz CT molecular complexity index is 514. The summed E-state index contributed by atoms with van der Waals surface area (Å²) < 4.78 is 14.2. The van der Waals surface area contributed by atoms with E-state index in [2.05, 4.69) is 21.2 Å². The van der Waals surface area contributed by atoms with Crippen molar-refractivity contribution in [2.75, 3.05) is 5.32 Å². The summed E-state index contributed by atoms with van der Waals surface area (Å²) >= 11 is 3.03. The Morgan fingerprint density at radius 1 is 1.32 bits per heavy atom. The molecule has 2 N–H and O–H groups in total. The van der Waals surface area contributed by atoms with Crippen LogP contribution in [-0.2, 0) is 0 Å². The highest BCUT2D eigenvalue weighted by Gasteiger charge is 2.41. The molecule has 5 heteroatoms. The smallest absolute Gasteiger partial charge is 0.336 e. The minimum Gasteiger partial charge on any atom is -0.478 e. The van der Waals surface area contributed by atoms with Gasteiger partial charge in [-0.15, -0.1) is 0 Å². The number of carbonyl (C=O) groups is 1. The van der Waals surface area contributed by atoms with E-state index in [4.69, 9.17) is 5.11 Å². The van der Waals surface area contributed by atoms with Gasteiger partial charge in [0.05, 0.1) is 15.7 Å². The third-order valence-corrected chi connectivity index (χ3v) is 4.67. The van der Waals surface area contributed by atoms with Gasteiger partial charge in [-0.3, -0.25) is 0 Å². The molecule has 102 valence electrons. The number of aromatic carboxylic acids is 1. The summed E-state index contributed by atoms with van der Waals surface area (Å²) in [7, 11) is 0. The number of rotatable bonds is 5. The molecule has 2 fully saturated rings. The molecule has 2 aliphatic rings. The lowest BCUT2D eigenvalue weighted by atomic mass is 10.1. The molecular weight excluding hydrogens is 313 g/mol. The fourth-order valence-electron chi connectivity index (χ4n) is 2.54. The molecule has 0 radical (unpaired) electrons. The number of carboxylic acid groups (broad SMARTS) is 1. The molecule has 1 aromatic rings. The van der Waals surface area contributed by atoms with Crippen molar-refractivity contribution in [1.82, 2.24) is 0 Å². The van der Waals surface area contributed by atoms with Gasteiger partial charge in [-0.2, -0.15) is 0 Å². The molecule has 0 heterocycles. The number of carboxylic acids is 1. The van der Waals surface area contributed by atoms with Crippen molar-refractivity contribution in [2.45, 2.75) is 31.7 Å². The van der Waals surface area contributed by atoms with Gasteiger partial charge in [-0.25, -0.2) is 9.18 Å². The van der Waals surface area contributed by atoms with Crippen molar-refractivity contribution in [3.05, 3.63) is 28.0 Å². The first kappa shape index (κ1) is 12.9. The highest BCUT2D eigenvalue weighted by molar-refractivity contribution is 9.10. The summed E-state index contributed by atoms with van der Waals surface area (Å²) in [6, 6.07) is 3.31. The third-order valence-electron chi connectivity index (χ3n) is 3.89. The van der Waals surface area contributed by atoms with Crippen LogP contribution in [-0.4, -0.2) is 17.1 Å². The average molecular weight is 328 g/mol. The van der Waals surface area contributed by atoms with Crippen molar-refractivity contribution >= 4 is 27.6 Å². The lowest BCUT2D eigenvalue weighted by molar-refractivity contribution is 0.0695. The number of hydrogen-bond acceptors (Lipinski definition) is 2. The predicted molar refractivity (Wildman–Crippen MR) is 73.9 cm³/mol. The molecule has 19 heavy (non-hydrogen) atoms. The predicted octanol–water partition coefficient (Wildman–Crippen LogP) is 3.89. The zero-order chi connectivity index (χ0) is 13.6. The van der Waals surface area contributed by atoms with Crippen LogP contribution in [0.4, 0.5) is 10.1 Å². The van der Waals surface area contributed by atoms with Gasteiger partial charge in [0.25, 0.3) is 0 Å². The molecule has 0 spiro atoms. The zero-order valence-corrected chi connectivity index (χ0v) is 11.9. The third kappa shape index (κ3) is 2.61. The molecule has 0 bridgehead atoms. The van der Waals surface area contributed by atoms with Crippen LogP contribution in [0.1, 0.15) is 36.0 Å². The molecule has 1 aromatic carbocycles. The quantitative estimate of drug-likeness (QED) is 0.862. The van der Waals surface area contributed by atoms with E-state index < -0.39 is 11.8 Å². The topological polar surface area (TPSA) is 49.3 Å². The van der Waals surface area contributed by atoms with Gasteiger partial charge in [0, 0.05) is 6.04 Å². The van der Waals surface area contributed by atoms with Crippen molar-refractivity contribution in [3.63, 3.8) is 0 Å². The van der Waals surface area contributed by atoms with Crippen LogP contribution in [0.3, 0.4) is 0 Å². The number of hydrogen-bond donors (Lipinski definition) is 2. The zero-order valence-electron chi connectivity index (χ0n) is 10.3. The second-order valence-electron chi connectivity index (χ2n) is 5.44. The fraction of sp³-hybridized carbons (Fsp3) is 0.500. The van der Waals surface area contributed by atoms with Crippen LogP contribution in [0, 0.1) is 17.7 Å². The molecule has 0 aromatic heterocycles. The van der Waals surface area contributed by atoms with E-state index in [1.807, 2.05) is 0 Å². The van der Waals surface area contributed by atoms with Gasteiger partial charge in [0.15, 0.2) is 5.82 Å². The first-order valence-electron chi connectivity index (χ1n) is 6.55. The molecule has 2 saturated carbocycles. The monoisotopic (exact) mass is 327 g/mol. The highest BCUT2D eigenvalue weighted by Crippen LogP contribution is 2.46. The number of nitrogens with one attached hydrogen (secondary N) is 1. The fourth-order valence-corrected chi connectivity index (χ4v) is 3.05. The summed E-state index contributed by atoms with van der Waals surface area (Å²) in [5.41, 5.74) is 0.359. The van der Waals surface area contributed by atoms with Gasteiger partial charge in [-0.1, -0.05) is 0 Å². The number of halogens is 2. The lowest BCUT2D eigenvalue weighted by Gasteiger charge is -2.20. The summed E-state index contributed by atoms with van der Waals surface area (Å²) in [6.07, 6.45) is 4.85. The number of anilines is 1. The minimum absolute atomic E-state index is 0.0235. The second-order valence-corrected chi connectivity index (χ2v) is 6.23. The Morgan fingerprint density at radius 3 is 2.37 bits per heavy atom. The highest BCUT2D eigenvalue weighted by atomic mass is 79.9. The molecule has 2 aliphatic carbocycles. The summed E-state index contributed by atoms with van der Waals surface area (Å²) in [6.45, 7) is 0. The van der Waals surface area contributed by atoms with Gasteiger partial charge in [0.2, 0.25) is 0 Å². The SMILES string of the molecule is O=C(O)c1ccc(NC(C2CC2)C2CC2)c(F)c1Br. The summed E-state index contributed by atoms with van der Waals surface area (Å²) in [5.74, 6) is -0.320. The van der Waals surface area contributed by atoms with Crippen LogP contribution in [0.2, 0.25) is 0 Å². The molecule has 0 atom stereocenters. The standard InChI is InChI=1S/C14H15BrFNO2/c15-11-9(14(18)19)5-6-10(12(11)16)17-13(7-1-2-7)8-3-4-8/h5-8,13,17H,1-4H2,(H,18,19). The van der Waals surface area contributed by atoms with Crippen LogP contribution in [0.15, 0.2) is 16.6 Å². The molecule has 0 unspecified atom stereocenters. The van der Waals surface area contributed by atoms with E-state index in [-0.39, 0.29) is 10.0 Å². The maximum atomic E-state index is 14.2. The van der Waals surface area contributed by atoms with Gasteiger partial charge >= 0.3 is 5.97 Å². The van der Waals surface area contributed by atoms with Crippen molar-refractivity contribution in [1.29, 1.82) is 0 Å². The normalized spacial score (nSPS) is 18.7. The van der Waals surface area contributed by atoms with Gasteiger partial charge < -0.3 is 10.4 Å². The molecule has 0 aliphatic heterocycles. The van der Waals surface area contributed by atoms with Crippen molar-refractivity contribution in [3.8, 4) is 0 Å². The van der Waals surface area contributed by atoms with Crippen LogP contribution < -0.4 is 5.32 Å². The molecule has 3 rings (SSSR count). The molecule has 3 nitrogen and oxygen atoms in total. The summed E-state index contributed by atoms with van der Waals surface area (Å²) in [4.78, 5) is 10.9. The Balaban J connectivity index is 1.84. The molecule has 0 amide bonds. The van der Waals surface area contributed by atoms with Gasteiger partial charge in [-0.05, 0) is 65.6 Å².